The standard InChI is InChI=1S/C15H21FN2O.ClH/c1-10-7-12(9-13(16)8-10)15(19)18-6-4-3-5-14(18)11(2)17;/h7-9,11,14H,3-6,17H2,1-2H3;1H. The van der Waals surface area contributed by atoms with E-state index in [1.54, 1.807) is 13.0 Å². The number of hydrogen-bond acceptors (Lipinski definition) is 2. The van der Waals surface area contributed by atoms with Gasteiger partial charge in [-0.3, -0.25) is 4.79 Å². The second-order valence-electron chi connectivity index (χ2n) is 5.44. The molecule has 2 rings (SSSR count). The van der Waals surface area contributed by atoms with Crippen LogP contribution in [-0.4, -0.2) is 29.4 Å². The number of nitrogens with two attached hydrogens (primary N) is 1. The first-order valence-corrected chi connectivity index (χ1v) is 6.83. The third kappa shape index (κ3) is 3.70. The smallest absolute Gasteiger partial charge is 0.254 e. The summed E-state index contributed by atoms with van der Waals surface area (Å²) in [6, 6.07) is 4.47. The Hall–Kier alpha value is -1.13. The van der Waals surface area contributed by atoms with E-state index in [-0.39, 0.29) is 36.2 Å². The minimum atomic E-state index is -0.363. The number of rotatable bonds is 2. The first kappa shape index (κ1) is 16.9. The lowest BCUT2D eigenvalue weighted by molar-refractivity contribution is 0.0583. The van der Waals surface area contributed by atoms with Crippen LogP contribution in [0.25, 0.3) is 0 Å². The predicted molar refractivity (Wildman–Crippen MR) is 80.7 cm³/mol. The maximum Gasteiger partial charge on any atom is 0.254 e. The van der Waals surface area contributed by atoms with Crippen LogP contribution in [0.3, 0.4) is 0 Å². The summed E-state index contributed by atoms with van der Waals surface area (Å²) < 4.78 is 13.4. The van der Waals surface area contributed by atoms with E-state index in [0.717, 1.165) is 24.8 Å². The van der Waals surface area contributed by atoms with Gasteiger partial charge in [0, 0.05) is 24.2 Å². The van der Waals surface area contributed by atoms with Crippen LogP contribution >= 0.6 is 12.4 Å². The van der Waals surface area contributed by atoms with Crippen LogP contribution in [-0.2, 0) is 0 Å². The van der Waals surface area contributed by atoms with Crippen molar-refractivity contribution in [2.24, 2.45) is 5.73 Å². The third-order valence-corrected chi connectivity index (χ3v) is 3.71. The Morgan fingerprint density at radius 2 is 2.10 bits per heavy atom. The first-order valence-electron chi connectivity index (χ1n) is 6.83. The van der Waals surface area contributed by atoms with Crippen LogP contribution in [0.15, 0.2) is 18.2 Å². The van der Waals surface area contributed by atoms with Crippen molar-refractivity contribution in [3.8, 4) is 0 Å². The third-order valence-electron chi connectivity index (χ3n) is 3.71. The highest BCUT2D eigenvalue weighted by Gasteiger charge is 2.29. The lowest BCUT2D eigenvalue weighted by Gasteiger charge is -2.38. The molecule has 112 valence electrons. The number of piperidine rings is 1. The highest BCUT2D eigenvalue weighted by atomic mass is 35.5. The molecule has 1 amide bonds. The van der Waals surface area contributed by atoms with Crippen LogP contribution in [0.2, 0.25) is 0 Å². The van der Waals surface area contributed by atoms with Crippen molar-refractivity contribution >= 4 is 18.3 Å². The average Bonchev–Trinajstić information content (AvgIpc) is 2.36. The van der Waals surface area contributed by atoms with Crippen molar-refractivity contribution in [2.45, 2.75) is 45.2 Å². The number of amides is 1. The Balaban J connectivity index is 0.00000200. The van der Waals surface area contributed by atoms with Crippen molar-refractivity contribution < 1.29 is 9.18 Å². The minimum absolute atomic E-state index is 0. The number of likely N-dealkylation sites (tertiary alicyclic amines) is 1. The van der Waals surface area contributed by atoms with Gasteiger partial charge < -0.3 is 10.6 Å². The Bertz CT molecular complexity index is 459. The summed E-state index contributed by atoms with van der Waals surface area (Å²) in [5, 5.41) is 0. The van der Waals surface area contributed by atoms with E-state index in [2.05, 4.69) is 0 Å². The molecule has 3 nitrogen and oxygen atoms in total. The van der Waals surface area contributed by atoms with Crippen LogP contribution in [0, 0.1) is 12.7 Å². The van der Waals surface area contributed by atoms with Gasteiger partial charge in [0.1, 0.15) is 5.82 Å². The summed E-state index contributed by atoms with van der Waals surface area (Å²) in [7, 11) is 0. The summed E-state index contributed by atoms with van der Waals surface area (Å²) in [5.41, 5.74) is 7.15. The molecule has 1 aromatic carbocycles. The van der Waals surface area contributed by atoms with Crippen molar-refractivity contribution in [1.82, 2.24) is 4.90 Å². The molecule has 1 aromatic rings. The van der Waals surface area contributed by atoms with Gasteiger partial charge in [-0.05, 0) is 56.9 Å². The Morgan fingerprint density at radius 1 is 1.40 bits per heavy atom. The molecule has 0 aliphatic carbocycles. The number of halogens is 2. The first-order chi connectivity index (χ1) is 8.99. The zero-order valence-corrected chi connectivity index (χ0v) is 12.8. The molecule has 0 radical (unpaired) electrons. The number of nitrogens with zero attached hydrogens (tertiary/aromatic N) is 1. The second-order valence-corrected chi connectivity index (χ2v) is 5.44. The second kappa shape index (κ2) is 7.04. The van der Waals surface area contributed by atoms with Gasteiger partial charge in [-0.2, -0.15) is 0 Å². The molecular formula is C15H22ClFN2O. The molecule has 2 unspecified atom stereocenters. The molecule has 1 aliphatic rings. The monoisotopic (exact) mass is 300 g/mol. The van der Waals surface area contributed by atoms with E-state index in [0.29, 0.717) is 12.1 Å². The quantitative estimate of drug-likeness (QED) is 0.913. The van der Waals surface area contributed by atoms with E-state index in [1.807, 2.05) is 11.8 Å². The lowest BCUT2D eigenvalue weighted by atomic mass is 9.96. The minimum Gasteiger partial charge on any atom is -0.334 e. The van der Waals surface area contributed by atoms with Crippen LogP contribution in [0.1, 0.15) is 42.1 Å². The average molecular weight is 301 g/mol. The molecule has 1 aliphatic heterocycles. The van der Waals surface area contributed by atoms with Crippen LogP contribution in [0.4, 0.5) is 4.39 Å². The van der Waals surface area contributed by atoms with Crippen LogP contribution in [0.5, 0.6) is 0 Å². The highest BCUT2D eigenvalue weighted by Crippen LogP contribution is 2.22. The van der Waals surface area contributed by atoms with E-state index in [1.165, 1.54) is 12.1 Å². The molecule has 1 saturated heterocycles. The SMILES string of the molecule is Cc1cc(F)cc(C(=O)N2CCCCC2C(C)N)c1.Cl. The van der Waals surface area contributed by atoms with Gasteiger partial charge in [0.15, 0.2) is 0 Å². The Kier molecular flexibility index (Phi) is 5.96. The lowest BCUT2D eigenvalue weighted by Crippen LogP contribution is -2.51. The van der Waals surface area contributed by atoms with Gasteiger partial charge in [0.05, 0.1) is 0 Å². The van der Waals surface area contributed by atoms with E-state index in [9.17, 15) is 9.18 Å². The predicted octanol–water partition coefficient (Wildman–Crippen LogP) is 2.90. The summed E-state index contributed by atoms with van der Waals surface area (Å²) >= 11 is 0. The molecule has 0 saturated carbocycles. The number of carbonyl (C=O) groups is 1. The molecule has 2 atom stereocenters. The summed E-state index contributed by atoms with van der Waals surface area (Å²) in [5.74, 6) is -0.470. The molecule has 20 heavy (non-hydrogen) atoms. The van der Waals surface area contributed by atoms with E-state index >= 15 is 0 Å². The summed E-state index contributed by atoms with van der Waals surface area (Å²) in [6.07, 6.45) is 3.01. The zero-order chi connectivity index (χ0) is 14.0. The fourth-order valence-corrected chi connectivity index (χ4v) is 2.78. The van der Waals surface area contributed by atoms with E-state index < -0.39 is 0 Å². The van der Waals surface area contributed by atoms with Crippen molar-refractivity contribution in [3.63, 3.8) is 0 Å². The van der Waals surface area contributed by atoms with Crippen LogP contribution < -0.4 is 5.73 Å². The fourth-order valence-electron chi connectivity index (χ4n) is 2.78. The molecule has 0 spiro atoms. The molecule has 0 bridgehead atoms. The molecule has 1 heterocycles. The van der Waals surface area contributed by atoms with Gasteiger partial charge in [0.25, 0.3) is 5.91 Å². The largest absolute Gasteiger partial charge is 0.334 e. The molecule has 2 N–H and O–H groups in total. The summed E-state index contributed by atoms with van der Waals surface area (Å²) in [4.78, 5) is 14.3. The van der Waals surface area contributed by atoms with Crippen molar-refractivity contribution in [1.29, 1.82) is 0 Å². The van der Waals surface area contributed by atoms with E-state index in [4.69, 9.17) is 5.73 Å². The Labute approximate surface area is 125 Å². The number of hydrogen-bond donors (Lipinski definition) is 1. The highest BCUT2D eigenvalue weighted by molar-refractivity contribution is 5.94. The maximum atomic E-state index is 13.4. The normalized spacial score (nSPS) is 20.2. The fraction of sp³-hybridized carbons (Fsp3) is 0.533. The topological polar surface area (TPSA) is 46.3 Å². The maximum absolute atomic E-state index is 13.4. The van der Waals surface area contributed by atoms with Gasteiger partial charge in [-0.15, -0.1) is 12.4 Å². The van der Waals surface area contributed by atoms with Gasteiger partial charge in [-0.25, -0.2) is 4.39 Å². The molecular weight excluding hydrogens is 279 g/mol. The molecule has 5 heteroatoms. The summed E-state index contributed by atoms with van der Waals surface area (Å²) in [6.45, 7) is 4.42. The number of carbonyl (C=O) groups excluding carboxylic acids is 1. The van der Waals surface area contributed by atoms with Gasteiger partial charge >= 0.3 is 0 Å². The number of aryl methyl sites for hydroxylation is 1. The molecule has 1 fully saturated rings. The van der Waals surface area contributed by atoms with Gasteiger partial charge in [-0.1, -0.05) is 0 Å². The van der Waals surface area contributed by atoms with Gasteiger partial charge in [0.2, 0.25) is 0 Å². The van der Waals surface area contributed by atoms with Crippen molar-refractivity contribution in [3.05, 3.63) is 35.1 Å². The zero-order valence-electron chi connectivity index (χ0n) is 11.9. The Morgan fingerprint density at radius 3 is 2.70 bits per heavy atom. The van der Waals surface area contributed by atoms with Crippen molar-refractivity contribution in [2.75, 3.05) is 6.54 Å². The number of benzene rings is 1. The molecule has 0 aromatic heterocycles.